The number of hydrogen-bond acceptors (Lipinski definition) is 8. The second-order valence-electron chi connectivity index (χ2n) is 5.70. The van der Waals surface area contributed by atoms with Crippen LogP contribution in [0.25, 0.3) is 0 Å². The van der Waals surface area contributed by atoms with E-state index in [1.165, 1.54) is 23.1 Å². The maximum absolute atomic E-state index is 11.9. The molecule has 0 aliphatic rings. The van der Waals surface area contributed by atoms with Gasteiger partial charge in [-0.05, 0) is 37.1 Å². The maximum atomic E-state index is 11.9. The lowest BCUT2D eigenvalue weighted by Crippen LogP contribution is -2.14. The van der Waals surface area contributed by atoms with Gasteiger partial charge in [0, 0.05) is 12.1 Å². The molecule has 0 radical (unpaired) electrons. The second-order valence-corrected chi connectivity index (χ2v) is 7.85. The van der Waals surface area contributed by atoms with Gasteiger partial charge in [-0.15, -0.1) is 20.4 Å². The highest BCUT2D eigenvalue weighted by molar-refractivity contribution is 7.99. The van der Waals surface area contributed by atoms with Crippen molar-refractivity contribution in [3.05, 3.63) is 39.6 Å². The monoisotopic (exact) mass is 424 g/mol. The summed E-state index contributed by atoms with van der Waals surface area (Å²) in [6, 6.07) is 3.78. The third-order valence-corrected chi connectivity index (χ3v) is 5.86. The van der Waals surface area contributed by atoms with Gasteiger partial charge in [0.2, 0.25) is 11.0 Å². The van der Waals surface area contributed by atoms with Gasteiger partial charge in [-0.3, -0.25) is 10.1 Å². The fourth-order valence-corrected chi connectivity index (χ4v) is 3.55. The van der Waals surface area contributed by atoms with E-state index >= 15 is 0 Å². The molecule has 3 aromatic rings. The first-order chi connectivity index (χ1) is 12.9. The molecule has 0 atom stereocenters. The Bertz CT molecular complexity index is 922. The van der Waals surface area contributed by atoms with Gasteiger partial charge >= 0.3 is 0 Å². The minimum absolute atomic E-state index is 0.176. The Morgan fingerprint density at radius 3 is 2.70 bits per heavy atom. The van der Waals surface area contributed by atoms with Crippen molar-refractivity contribution < 1.29 is 9.53 Å². The molecular weight excluding hydrogens is 408 g/mol. The van der Waals surface area contributed by atoms with Crippen LogP contribution in [0.1, 0.15) is 17.0 Å². The number of anilines is 1. The lowest BCUT2D eigenvalue weighted by molar-refractivity contribution is -0.113. The number of carbonyl (C=O) groups excluding carboxylic acids is 1. The Kier molecular flexibility index (Phi) is 6.30. The molecule has 0 aliphatic heterocycles. The van der Waals surface area contributed by atoms with Crippen molar-refractivity contribution in [2.24, 2.45) is 7.05 Å². The standard InChI is InChI=1S/C16H17ClN6O2S2/c1-9-4-11(5-10(2)14(9)17)25-6-12-20-22-16(23(12)3)26-7-13(24)19-15-21-18-8-27-15/h4-5,8H,6-7H2,1-3H3,(H,19,21,24). The molecule has 11 heteroatoms. The zero-order valence-electron chi connectivity index (χ0n) is 14.9. The van der Waals surface area contributed by atoms with Gasteiger partial charge in [-0.25, -0.2) is 0 Å². The van der Waals surface area contributed by atoms with E-state index in [9.17, 15) is 4.79 Å². The SMILES string of the molecule is Cc1cc(OCc2nnc(SCC(=O)Nc3nncs3)n2C)cc(C)c1Cl. The van der Waals surface area contributed by atoms with E-state index in [0.717, 1.165) is 21.9 Å². The molecule has 0 saturated carbocycles. The highest BCUT2D eigenvalue weighted by Gasteiger charge is 2.13. The molecular formula is C16H17ClN6O2S2. The quantitative estimate of drug-likeness (QED) is 0.581. The highest BCUT2D eigenvalue weighted by Crippen LogP contribution is 2.26. The van der Waals surface area contributed by atoms with Gasteiger partial charge in [0.05, 0.1) is 5.75 Å². The number of benzene rings is 1. The van der Waals surface area contributed by atoms with Crippen molar-refractivity contribution in [3.8, 4) is 5.75 Å². The molecule has 27 heavy (non-hydrogen) atoms. The Morgan fingerprint density at radius 2 is 2.04 bits per heavy atom. The molecule has 8 nitrogen and oxygen atoms in total. The molecule has 2 heterocycles. The number of thioether (sulfide) groups is 1. The third-order valence-electron chi connectivity index (χ3n) is 3.64. The number of halogens is 1. The molecule has 0 unspecified atom stereocenters. The van der Waals surface area contributed by atoms with E-state index in [1.54, 1.807) is 10.1 Å². The van der Waals surface area contributed by atoms with Crippen LogP contribution in [0.3, 0.4) is 0 Å². The number of ether oxygens (including phenoxy) is 1. The van der Waals surface area contributed by atoms with Crippen molar-refractivity contribution in [2.45, 2.75) is 25.6 Å². The van der Waals surface area contributed by atoms with E-state index in [1.807, 2.05) is 33.0 Å². The number of nitrogens with one attached hydrogen (secondary N) is 1. The van der Waals surface area contributed by atoms with Crippen molar-refractivity contribution in [1.29, 1.82) is 0 Å². The summed E-state index contributed by atoms with van der Waals surface area (Å²) in [5.41, 5.74) is 3.48. The number of aromatic nitrogens is 5. The Hall–Kier alpha value is -2.17. The summed E-state index contributed by atoms with van der Waals surface area (Å²) in [7, 11) is 1.84. The molecule has 0 spiro atoms. The van der Waals surface area contributed by atoms with Gasteiger partial charge < -0.3 is 9.30 Å². The lowest BCUT2D eigenvalue weighted by Gasteiger charge is -2.10. The molecule has 0 fully saturated rings. The number of amides is 1. The van der Waals surface area contributed by atoms with Crippen LogP contribution in [-0.2, 0) is 18.4 Å². The number of carbonyl (C=O) groups is 1. The first-order valence-corrected chi connectivity index (χ1v) is 10.1. The third kappa shape index (κ3) is 4.96. The van der Waals surface area contributed by atoms with E-state index in [0.29, 0.717) is 16.1 Å². The lowest BCUT2D eigenvalue weighted by atomic mass is 10.1. The van der Waals surface area contributed by atoms with Crippen LogP contribution >= 0.6 is 34.7 Å². The van der Waals surface area contributed by atoms with Gasteiger partial charge in [0.25, 0.3) is 0 Å². The fourth-order valence-electron chi connectivity index (χ4n) is 2.25. The average molecular weight is 425 g/mol. The minimum Gasteiger partial charge on any atom is -0.486 e. The normalized spacial score (nSPS) is 10.8. The maximum Gasteiger partial charge on any atom is 0.236 e. The van der Waals surface area contributed by atoms with E-state index in [4.69, 9.17) is 16.3 Å². The van der Waals surface area contributed by atoms with Crippen LogP contribution in [-0.4, -0.2) is 36.6 Å². The first kappa shape index (κ1) is 19.6. The topological polar surface area (TPSA) is 94.8 Å². The van der Waals surface area contributed by atoms with Crippen LogP contribution in [0, 0.1) is 13.8 Å². The molecule has 2 aromatic heterocycles. The number of hydrogen-bond donors (Lipinski definition) is 1. The van der Waals surface area contributed by atoms with Gasteiger partial charge in [0.1, 0.15) is 17.9 Å². The van der Waals surface area contributed by atoms with Crippen LogP contribution in [0.4, 0.5) is 5.13 Å². The van der Waals surface area contributed by atoms with Crippen LogP contribution < -0.4 is 10.1 Å². The zero-order valence-corrected chi connectivity index (χ0v) is 17.3. The minimum atomic E-state index is -0.176. The van der Waals surface area contributed by atoms with Gasteiger partial charge in [-0.2, -0.15) is 0 Å². The van der Waals surface area contributed by atoms with E-state index < -0.39 is 0 Å². The summed E-state index contributed by atoms with van der Waals surface area (Å²) in [4.78, 5) is 11.9. The first-order valence-electron chi connectivity index (χ1n) is 7.90. The van der Waals surface area contributed by atoms with Crippen molar-refractivity contribution in [2.75, 3.05) is 11.1 Å². The summed E-state index contributed by atoms with van der Waals surface area (Å²) >= 11 is 8.73. The molecule has 0 aliphatic carbocycles. The zero-order chi connectivity index (χ0) is 19.4. The molecule has 1 N–H and O–H groups in total. The highest BCUT2D eigenvalue weighted by atomic mass is 35.5. The molecule has 1 aromatic carbocycles. The number of nitrogens with zero attached hydrogens (tertiary/aromatic N) is 5. The average Bonchev–Trinajstić information content (AvgIpc) is 3.26. The smallest absolute Gasteiger partial charge is 0.236 e. The number of aryl methyl sites for hydroxylation is 2. The Labute approximate surface area is 169 Å². The summed E-state index contributed by atoms with van der Waals surface area (Å²) < 4.78 is 7.62. The fraction of sp³-hybridized carbons (Fsp3) is 0.312. The summed E-state index contributed by atoms with van der Waals surface area (Å²) in [5.74, 6) is 1.40. The van der Waals surface area contributed by atoms with Gasteiger partial charge in [-0.1, -0.05) is 34.7 Å². The predicted octanol–water partition coefficient (Wildman–Crippen LogP) is 3.25. The van der Waals surface area contributed by atoms with E-state index in [-0.39, 0.29) is 18.3 Å². The van der Waals surface area contributed by atoms with Crippen LogP contribution in [0.2, 0.25) is 5.02 Å². The van der Waals surface area contributed by atoms with Crippen molar-refractivity contribution >= 4 is 45.7 Å². The van der Waals surface area contributed by atoms with Crippen LogP contribution in [0.15, 0.2) is 22.8 Å². The molecule has 1 amide bonds. The predicted molar refractivity (Wildman–Crippen MR) is 106 cm³/mol. The van der Waals surface area contributed by atoms with Crippen LogP contribution in [0.5, 0.6) is 5.75 Å². The second kappa shape index (κ2) is 8.68. The summed E-state index contributed by atoms with van der Waals surface area (Å²) in [6.45, 7) is 4.14. The van der Waals surface area contributed by atoms with Gasteiger partial charge in [0.15, 0.2) is 11.0 Å². The van der Waals surface area contributed by atoms with Crippen molar-refractivity contribution in [1.82, 2.24) is 25.0 Å². The summed E-state index contributed by atoms with van der Waals surface area (Å²) in [6.07, 6.45) is 0. The number of rotatable bonds is 7. The Morgan fingerprint density at radius 1 is 1.30 bits per heavy atom. The van der Waals surface area contributed by atoms with E-state index in [2.05, 4.69) is 25.7 Å². The molecule has 0 bridgehead atoms. The molecule has 3 rings (SSSR count). The molecule has 142 valence electrons. The van der Waals surface area contributed by atoms with Crippen molar-refractivity contribution in [3.63, 3.8) is 0 Å². The summed E-state index contributed by atoms with van der Waals surface area (Å²) in [5, 5.41) is 20.2. The Balaban J connectivity index is 1.56. The molecule has 0 saturated heterocycles. The largest absolute Gasteiger partial charge is 0.486 e.